The van der Waals surface area contributed by atoms with Crippen molar-refractivity contribution >= 4 is 17.8 Å². The summed E-state index contributed by atoms with van der Waals surface area (Å²) in [5, 5.41) is 2.71. The van der Waals surface area contributed by atoms with Crippen molar-refractivity contribution in [2.45, 2.75) is 50.5 Å². The zero-order chi connectivity index (χ0) is 19.1. The van der Waals surface area contributed by atoms with Gasteiger partial charge in [0.2, 0.25) is 5.91 Å². The fourth-order valence-electron chi connectivity index (χ4n) is 5.12. The standard InChI is InChI=1S/C21H28N4O3/c26-19(6-4-17-12-28-20(27)23-17)24-10-16(11-24)15-3-5-18(22-9-15)25-13-21(14-25)7-1-2-8-21/h3,5,9,16-17H,1-2,4,6-8,10-14H2,(H,23,27)/t17-/m1/s1. The van der Waals surface area contributed by atoms with Crippen molar-refractivity contribution in [3.63, 3.8) is 0 Å². The van der Waals surface area contributed by atoms with E-state index in [4.69, 9.17) is 9.72 Å². The summed E-state index contributed by atoms with van der Waals surface area (Å²) in [4.78, 5) is 32.3. The predicted molar refractivity (Wildman–Crippen MR) is 104 cm³/mol. The van der Waals surface area contributed by atoms with Crippen LogP contribution in [0.2, 0.25) is 0 Å². The highest BCUT2D eigenvalue weighted by molar-refractivity contribution is 5.77. The molecule has 4 aliphatic rings. The van der Waals surface area contributed by atoms with Gasteiger partial charge in [0.25, 0.3) is 0 Å². The number of carbonyl (C=O) groups excluding carboxylic acids is 2. The molecule has 3 aliphatic heterocycles. The van der Waals surface area contributed by atoms with Crippen LogP contribution in [0, 0.1) is 5.41 Å². The first-order valence-corrected chi connectivity index (χ1v) is 10.5. The number of anilines is 1. The van der Waals surface area contributed by atoms with Crippen LogP contribution in [0.25, 0.3) is 0 Å². The van der Waals surface area contributed by atoms with Gasteiger partial charge < -0.3 is 19.9 Å². The largest absolute Gasteiger partial charge is 0.447 e. The third kappa shape index (κ3) is 3.31. The Morgan fingerprint density at radius 1 is 1.25 bits per heavy atom. The van der Waals surface area contributed by atoms with Gasteiger partial charge in [-0.05, 0) is 30.9 Å². The molecule has 0 unspecified atom stereocenters. The van der Waals surface area contributed by atoms with Crippen LogP contribution in [0.3, 0.4) is 0 Å². The van der Waals surface area contributed by atoms with Crippen LogP contribution in [0.5, 0.6) is 0 Å². The molecule has 150 valence electrons. The van der Waals surface area contributed by atoms with E-state index < -0.39 is 0 Å². The Hall–Kier alpha value is -2.31. The molecule has 5 rings (SSSR count). The first-order valence-electron chi connectivity index (χ1n) is 10.5. The minimum absolute atomic E-state index is 0.0323. The summed E-state index contributed by atoms with van der Waals surface area (Å²) in [6, 6.07) is 4.29. The van der Waals surface area contributed by atoms with Gasteiger partial charge in [-0.2, -0.15) is 0 Å². The molecule has 7 heteroatoms. The normalized spacial score (nSPS) is 26.0. The lowest BCUT2D eigenvalue weighted by molar-refractivity contribution is -0.135. The molecule has 1 saturated carbocycles. The van der Waals surface area contributed by atoms with Crippen LogP contribution in [0.4, 0.5) is 10.6 Å². The van der Waals surface area contributed by atoms with Gasteiger partial charge in [0.15, 0.2) is 0 Å². The van der Waals surface area contributed by atoms with Gasteiger partial charge in [-0.3, -0.25) is 4.79 Å². The molecule has 28 heavy (non-hydrogen) atoms. The second-order valence-corrected chi connectivity index (χ2v) is 8.99. The fraction of sp³-hybridized carbons (Fsp3) is 0.667. The van der Waals surface area contributed by atoms with Crippen molar-refractivity contribution in [1.29, 1.82) is 0 Å². The Morgan fingerprint density at radius 3 is 2.68 bits per heavy atom. The molecule has 0 radical (unpaired) electrons. The molecule has 1 atom stereocenters. The lowest BCUT2D eigenvalue weighted by atomic mass is 9.78. The van der Waals surface area contributed by atoms with Gasteiger partial charge in [0.05, 0.1) is 6.04 Å². The lowest BCUT2D eigenvalue weighted by Crippen LogP contribution is -2.55. The van der Waals surface area contributed by atoms with Gasteiger partial charge in [-0.15, -0.1) is 0 Å². The molecule has 1 aromatic rings. The smallest absolute Gasteiger partial charge is 0.407 e. The van der Waals surface area contributed by atoms with Crippen molar-refractivity contribution in [2.24, 2.45) is 5.41 Å². The second kappa shape index (κ2) is 6.94. The van der Waals surface area contributed by atoms with E-state index in [1.54, 1.807) is 0 Å². The van der Waals surface area contributed by atoms with E-state index in [1.165, 1.54) is 31.2 Å². The molecule has 1 aromatic heterocycles. The number of nitrogens with one attached hydrogen (secondary N) is 1. The van der Waals surface area contributed by atoms with Gasteiger partial charge in [-0.1, -0.05) is 18.9 Å². The number of aromatic nitrogens is 1. The van der Waals surface area contributed by atoms with E-state index in [2.05, 4.69) is 22.3 Å². The molecule has 2 amide bonds. The number of alkyl carbamates (subject to hydrolysis) is 1. The fourth-order valence-corrected chi connectivity index (χ4v) is 5.12. The summed E-state index contributed by atoms with van der Waals surface area (Å²) in [6.45, 7) is 4.22. The maximum atomic E-state index is 12.3. The quantitative estimate of drug-likeness (QED) is 0.843. The number of ether oxygens (including phenoxy) is 1. The highest BCUT2D eigenvalue weighted by Crippen LogP contribution is 2.46. The molecule has 1 aliphatic carbocycles. The zero-order valence-electron chi connectivity index (χ0n) is 16.2. The third-order valence-corrected chi connectivity index (χ3v) is 6.96. The first-order chi connectivity index (χ1) is 13.6. The van der Waals surface area contributed by atoms with Crippen molar-refractivity contribution in [3.8, 4) is 0 Å². The monoisotopic (exact) mass is 384 g/mol. The number of pyridine rings is 1. The molecule has 7 nitrogen and oxygen atoms in total. The maximum Gasteiger partial charge on any atom is 0.407 e. The minimum atomic E-state index is -0.381. The molecular weight excluding hydrogens is 356 g/mol. The molecule has 1 N–H and O–H groups in total. The molecule has 4 fully saturated rings. The topological polar surface area (TPSA) is 74.8 Å². The summed E-state index contributed by atoms with van der Waals surface area (Å²) in [6.07, 6.45) is 8.25. The van der Waals surface area contributed by atoms with Crippen molar-refractivity contribution < 1.29 is 14.3 Å². The van der Waals surface area contributed by atoms with Crippen LogP contribution >= 0.6 is 0 Å². The van der Waals surface area contributed by atoms with Crippen LogP contribution in [-0.4, -0.2) is 60.7 Å². The number of hydrogen-bond acceptors (Lipinski definition) is 5. The number of nitrogens with zero attached hydrogens (tertiary/aromatic N) is 3. The number of rotatable bonds is 5. The summed E-state index contributed by atoms with van der Waals surface area (Å²) in [7, 11) is 0. The Bertz CT molecular complexity index is 745. The number of amides is 2. The summed E-state index contributed by atoms with van der Waals surface area (Å²) in [5.74, 6) is 1.64. The van der Waals surface area contributed by atoms with E-state index in [0.717, 1.165) is 32.0 Å². The lowest BCUT2D eigenvalue weighted by Gasteiger charge is -2.49. The number of carbonyl (C=O) groups is 2. The summed E-state index contributed by atoms with van der Waals surface area (Å²) < 4.78 is 4.85. The maximum absolute atomic E-state index is 12.3. The average molecular weight is 384 g/mol. The van der Waals surface area contributed by atoms with E-state index in [9.17, 15) is 9.59 Å². The van der Waals surface area contributed by atoms with Gasteiger partial charge >= 0.3 is 6.09 Å². The van der Waals surface area contributed by atoms with E-state index in [-0.39, 0.29) is 18.0 Å². The van der Waals surface area contributed by atoms with E-state index in [0.29, 0.717) is 30.8 Å². The Kier molecular flexibility index (Phi) is 4.40. The van der Waals surface area contributed by atoms with E-state index >= 15 is 0 Å². The van der Waals surface area contributed by atoms with Crippen molar-refractivity contribution in [1.82, 2.24) is 15.2 Å². The predicted octanol–water partition coefficient (Wildman–Crippen LogP) is 2.28. The highest BCUT2D eigenvalue weighted by Gasteiger charge is 2.45. The number of likely N-dealkylation sites (tertiary alicyclic amines) is 1. The third-order valence-electron chi connectivity index (χ3n) is 6.96. The van der Waals surface area contributed by atoms with Crippen molar-refractivity contribution in [2.75, 3.05) is 37.7 Å². The van der Waals surface area contributed by atoms with Crippen molar-refractivity contribution in [3.05, 3.63) is 23.9 Å². The van der Waals surface area contributed by atoms with Crippen LogP contribution in [0.15, 0.2) is 18.3 Å². The van der Waals surface area contributed by atoms with Gasteiger partial charge in [0, 0.05) is 50.1 Å². The highest BCUT2D eigenvalue weighted by atomic mass is 16.6. The number of cyclic esters (lactones) is 1. The first kappa shape index (κ1) is 17.8. The van der Waals surface area contributed by atoms with Gasteiger partial charge in [0.1, 0.15) is 12.4 Å². The summed E-state index contributed by atoms with van der Waals surface area (Å²) in [5.41, 5.74) is 1.81. The Labute approximate surface area is 165 Å². The number of hydrogen-bond donors (Lipinski definition) is 1. The van der Waals surface area contributed by atoms with Gasteiger partial charge in [-0.25, -0.2) is 9.78 Å². The molecule has 3 saturated heterocycles. The molecule has 1 spiro atoms. The molecular formula is C21H28N4O3. The Balaban J connectivity index is 1.07. The van der Waals surface area contributed by atoms with E-state index in [1.807, 2.05) is 11.1 Å². The second-order valence-electron chi connectivity index (χ2n) is 8.99. The molecule has 0 aromatic carbocycles. The minimum Gasteiger partial charge on any atom is -0.447 e. The molecule has 0 bridgehead atoms. The van der Waals surface area contributed by atoms with Crippen LogP contribution in [-0.2, 0) is 9.53 Å². The SMILES string of the molecule is O=C1N[C@H](CCC(=O)N2CC(c3ccc(N4CC5(CCCC5)C4)nc3)C2)CO1. The summed E-state index contributed by atoms with van der Waals surface area (Å²) >= 11 is 0. The Morgan fingerprint density at radius 2 is 2.04 bits per heavy atom. The zero-order valence-corrected chi connectivity index (χ0v) is 16.2. The van der Waals surface area contributed by atoms with Crippen LogP contribution < -0.4 is 10.2 Å². The molecule has 4 heterocycles. The van der Waals surface area contributed by atoms with Crippen LogP contribution in [0.1, 0.15) is 50.0 Å². The average Bonchev–Trinajstić information content (AvgIpc) is 3.27.